The molecule has 4 unspecified atom stereocenters. The number of aliphatic hydroxyl groups is 2. The predicted molar refractivity (Wildman–Crippen MR) is 162 cm³/mol. The number of anilines is 1. The van der Waals surface area contributed by atoms with Crippen molar-refractivity contribution in [1.29, 1.82) is 0 Å². The van der Waals surface area contributed by atoms with E-state index in [1.807, 2.05) is 0 Å². The third-order valence-electron chi connectivity index (χ3n) is 13.3. The number of hydrogen-bond donors (Lipinski definition) is 3. The van der Waals surface area contributed by atoms with Gasteiger partial charge in [-0.25, -0.2) is 4.79 Å². The standard InChI is InChI=1S/C34H48N2O9/c1-7-36-16-31(17-45-29(38)19-10-8-9-11-22(19)35-18(2)37)13-12-24(42-4)33-21-14-20-23(41-3)15-32(39,25(21)26(20)43-5)34(40,30(33)36)28(44-6)27(31)33/h8-11,20-21,23-28,30,39-40H,7,12-17H2,1-6H3,(H,35,37)/t20-,21-,23+,24-,25?,26?,27?,28?,30+,31+,32-,33+,34+/m1/s1. The van der Waals surface area contributed by atoms with Crippen molar-refractivity contribution in [2.75, 3.05) is 53.5 Å². The van der Waals surface area contributed by atoms with Gasteiger partial charge in [0, 0.05) is 76.9 Å². The van der Waals surface area contributed by atoms with Crippen LogP contribution in [0.25, 0.3) is 0 Å². The van der Waals surface area contributed by atoms with Gasteiger partial charge in [-0.15, -0.1) is 0 Å². The number of hydrogen-bond acceptors (Lipinski definition) is 10. The number of benzene rings is 1. The van der Waals surface area contributed by atoms with Crippen molar-refractivity contribution >= 4 is 17.6 Å². The summed E-state index contributed by atoms with van der Waals surface area (Å²) < 4.78 is 31.2. The number of fused-ring (bicyclic) bond motifs is 2. The Morgan fingerprint density at radius 1 is 1.07 bits per heavy atom. The summed E-state index contributed by atoms with van der Waals surface area (Å²) in [6, 6.07) is 6.41. The zero-order valence-electron chi connectivity index (χ0n) is 27.2. The molecule has 5 aliphatic carbocycles. The van der Waals surface area contributed by atoms with Gasteiger partial charge in [0.25, 0.3) is 0 Å². The number of carbonyl (C=O) groups is 2. The molecular weight excluding hydrogens is 580 g/mol. The van der Waals surface area contributed by atoms with Crippen LogP contribution in [0.1, 0.15) is 49.9 Å². The van der Waals surface area contributed by atoms with Crippen LogP contribution in [0.5, 0.6) is 0 Å². The van der Waals surface area contributed by atoms with Gasteiger partial charge < -0.3 is 39.2 Å². The molecule has 13 atom stereocenters. The van der Waals surface area contributed by atoms with E-state index in [1.165, 1.54) is 6.92 Å². The lowest BCUT2D eigenvalue weighted by Gasteiger charge is -2.70. The molecular formula is C34H48N2O9. The summed E-state index contributed by atoms with van der Waals surface area (Å²) in [6.07, 6.45) is 0.993. The van der Waals surface area contributed by atoms with E-state index in [0.717, 1.165) is 12.8 Å². The number of methoxy groups -OCH3 is 4. The van der Waals surface area contributed by atoms with E-state index in [-0.39, 0.29) is 60.1 Å². The highest BCUT2D eigenvalue weighted by Crippen LogP contribution is 2.80. The Morgan fingerprint density at radius 3 is 2.47 bits per heavy atom. The molecule has 11 nitrogen and oxygen atoms in total. The molecule has 1 aromatic rings. The van der Waals surface area contributed by atoms with Crippen molar-refractivity contribution in [1.82, 2.24) is 4.90 Å². The molecule has 45 heavy (non-hydrogen) atoms. The van der Waals surface area contributed by atoms with Gasteiger partial charge in [-0.1, -0.05) is 19.1 Å². The number of ether oxygens (including phenoxy) is 5. The minimum Gasteiger partial charge on any atom is -0.461 e. The average molecular weight is 629 g/mol. The molecule has 0 radical (unpaired) electrons. The van der Waals surface area contributed by atoms with Crippen molar-refractivity contribution in [3.63, 3.8) is 0 Å². The van der Waals surface area contributed by atoms with Crippen LogP contribution in [-0.2, 0) is 28.5 Å². The molecule has 7 bridgehead atoms. The second-order valence-electron chi connectivity index (χ2n) is 14.5. The topological polar surface area (TPSA) is 136 Å². The maximum atomic E-state index is 13.7. The van der Waals surface area contributed by atoms with Gasteiger partial charge in [0.15, 0.2) is 0 Å². The molecule has 1 aliphatic heterocycles. The van der Waals surface area contributed by atoms with Crippen molar-refractivity contribution in [2.45, 2.75) is 81.2 Å². The number of esters is 1. The number of nitrogens with zero attached hydrogens (tertiary/aromatic N) is 1. The predicted octanol–water partition coefficient (Wildman–Crippen LogP) is 2.09. The highest BCUT2D eigenvalue weighted by atomic mass is 16.5. The van der Waals surface area contributed by atoms with E-state index in [9.17, 15) is 19.8 Å². The molecule has 248 valence electrons. The van der Waals surface area contributed by atoms with Crippen LogP contribution < -0.4 is 5.32 Å². The molecule has 0 aromatic heterocycles. The molecule has 5 saturated carbocycles. The minimum atomic E-state index is -1.66. The molecule has 1 amide bonds. The normalized spacial score (nSPS) is 47.4. The number of likely N-dealkylation sites (tertiary alicyclic amines) is 1. The summed E-state index contributed by atoms with van der Waals surface area (Å²) in [5.74, 6) is -1.36. The monoisotopic (exact) mass is 628 g/mol. The second-order valence-corrected chi connectivity index (χ2v) is 14.5. The van der Waals surface area contributed by atoms with Crippen molar-refractivity contribution in [3.05, 3.63) is 29.8 Å². The zero-order chi connectivity index (χ0) is 32.1. The zero-order valence-corrected chi connectivity index (χ0v) is 27.2. The SMILES string of the molecule is CCN1C[C@]2(COC(=O)c3ccccc3NC(C)=O)CC[C@@H](OC)[C@@]34C2C(OC)[C@](O)([C@@H]13)[C@@]1(O)C[C@H](OC)[C@H]2C[C@@H]4C1C2OC. The molecule has 1 aromatic carbocycles. The molecule has 11 heteroatoms. The number of likely N-dealkylation sites (N-methyl/N-ethyl adjacent to an activating group) is 1. The van der Waals surface area contributed by atoms with Crippen molar-refractivity contribution < 1.29 is 43.5 Å². The quantitative estimate of drug-likeness (QED) is 0.349. The number of carbonyl (C=O) groups excluding carboxylic acids is 2. The van der Waals surface area contributed by atoms with E-state index in [4.69, 9.17) is 23.7 Å². The largest absolute Gasteiger partial charge is 0.461 e. The lowest BCUT2D eigenvalue weighted by Crippen LogP contribution is -2.82. The van der Waals surface area contributed by atoms with Crippen molar-refractivity contribution in [2.24, 2.45) is 34.5 Å². The summed E-state index contributed by atoms with van der Waals surface area (Å²) in [5, 5.41) is 29.2. The lowest BCUT2D eigenvalue weighted by atomic mass is 9.42. The summed E-state index contributed by atoms with van der Waals surface area (Å²) >= 11 is 0. The Bertz CT molecular complexity index is 1360. The minimum absolute atomic E-state index is 0.0387. The molecule has 6 fully saturated rings. The summed E-state index contributed by atoms with van der Waals surface area (Å²) in [7, 11) is 6.75. The Balaban J connectivity index is 1.37. The third kappa shape index (κ3) is 3.72. The Hall–Kier alpha value is -2.12. The van der Waals surface area contributed by atoms with Gasteiger partial charge >= 0.3 is 5.97 Å². The fourth-order valence-electron chi connectivity index (χ4n) is 12.2. The maximum Gasteiger partial charge on any atom is 0.340 e. The van der Waals surface area contributed by atoms with Crippen LogP contribution in [0.4, 0.5) is 5.69 Å². The van der Waals surface area contributed by atoms with Crippen LogP contribution in [0.15, 0.2) is 24.3 Å². The second kappa shape index (κ2) is 10.7. The first-order chi connectivity index (χ1) is 21.5. The maximum absolute atomic E-state index is 13.7. The first-order valence-electron chi connectivity index (χ1n) is 16.4. The fourth-order valence-corrected chi connectivity index (χ4v) is 12.2. The van der Waals surface area contributed by atoms with Gasteiger partial charge in [-0.2, -0.15) is 0 Å². The van der Waals surface area contributed by atoms with Crippen molar-refractivity contribution in [3.8, 4) is 0 Å². The molecule has 7 rings (SSSR count). The number of amides is 1. The molecule has 1 heterocycles. The lowest BCUT2D eigenvalue weighted by molar-refractivity contribution is -0.320. The van der Waals surface area contributed by atoms with Crippen LogP contribution >= 0.6 is 0 Å². The Kier molecular flexibility index (Phi) is 7.48. The highest BCUT2D eigenvalue weighted by molar-refractivity contribution is 6.00. The summed E-state index contributed by atoms with van der Waals surface area (Å²) in [4.78, 5) is 27.9. The Morgan fingerprint density at radius 2 is 1.82 bits per heavy atom. The Labute approximate surface area is 264 Å². The van der Waals surface area contributed by atoms with Crippen LogP contribution in [0.3, 0.4) is 0 Å². The van der Waals surface area contributed by atoms with Gasteiger partial charge in [-0.3, -0.25) is 9.69 Å². The van der Waals surface area contributed by atoms with Gasteiger partial charge in [0.2, 0.25) is 5.91 Å². The first kappa shape index (κ1) is 31.5. The smallest absolute Gasteiger partial charge is 0.340 e. The molecule has 1 spiro atoms. The van der Waals surface area contributed by atoms with E-state index >= 15 is 0 Å². The summed E-state index contributed by atoms with van der Waals surface area (Å²) in [6.45, 7) is 4.81. The third-order valence-corrected chi connectivity index (χ3v) is 13.3. The van der Waals surface area contributed by atoms with E-state index in [2.05, 4.69) is 17.1 Å². The molecule has 3 N–H and O–H groups in total. The number of piperidine rings is 1. The van der Waals surface area contributed by atoms with Gasteiger partial charge in [-0.05, 0) is 43.9 Å². The van der Waals surface area contributed by atoms with E-state index in [0.29, 0.717) is 31.6 Å². The molecule has 6 aliphatic rings. The van der Waals surface area contributed by atoms with E-state index < -0.39 is 40.1 Å². The number of para-hydroxylation sites is 1. The average Bonchev–Trinajstić information content (AvgIpc) is 3.45. The van der Waals surface area contributed by atoms with Crippen LogP contribution in [-0.4, -0.2) is 117 Å². The number of rotatable bonds is 9. The van der Waals surface area contributed by atoms with E-state index in [1.54, 1.807) is 52.7 Å². The van der Waals surface area contributed by atoms with Crippen LogP contribution in [0.2, 0.25) is 0 Å². The molecule has 1 saturated heterocycles. The van der Waals surface area contributed by atoms with Gasteiger partial charge in [0.1, 0.15) is 11.2 Å². The summed E-state index contributed by atoms with van der Waals surface area (Å²) in [5.41, 5.74) is -3.68. The first-order valence-corrected chi connectivity index (χ1v) is 16.4. The van der Waals surface area contributed by atoms with Crippen LogP contribution in [0, 0.1) is 34.5 Å². The highest BCUT2D eigenvalue weighted by Gasteiger charge is 2.91. The number of nitrogens with one attached hydrogen (secondary N) is 1. The fraction of sp³-hybridized carbons (Fsp3) is 0.765. The van der Waals surface area contributed by atoms with Gasteiger partial charge in [0.05, 0.1) is 48.3 Å².